The predicted molar refractivity (Wildman–Crippen MR) is 206 cm³/mol. The van der Waals surface area contributed by atoms with Gasteiger partial charge in [0.25, 0.3) is 0 Å². The van der Waals surface area contributed by atoms with E-state index in [-0.39, 0.29) is 6.10 Å². The number of benzene rings is 5. The molecule has 5 aromatic carbocycles. The fourth-order valence-corrected chi connectivity index (χ4v) is 9.09. The third-order valence-corrected chi connectivity index (χ3v) is 11.4. The standard InChI is InChI=1S/C48H34N2O2/c1-29-19-22-35-36-23-20-31(27-46(36)52-45(35)25-29)42-28-41(30-11-3-2-4-12-30)49-47(50-42)32-21-24-44-40(26-32)48(39-17-9-10-18-43(39)51-44)37-15-7-5-13-33(37)34-14-6-8-16-38(34)48/h2-24,26,28-29,46H,25,27H2,1H3. The number of hydrogen-bond acceptors (Lipinski definition) is 4. The summed E-state index contributed by atoms with van der Waals surface area (Å²) in [6, 6.07) is 45.2. The molecule has 5 aliphatic rings. The lowest BCUT2D eigenvalue weighted by molar-refractivity contribution is 0.158. The molecule has 2 unspecified atom stereocenters. The Labute approximate surface area is 303 Å². The fraction of sp³-hybridized carbons (Fsp3) is 0.125. The molecule has 0 saturated carbocycles. The van der Waals surface area contributed by atoms with Gasteiger partial charge in [-0.2, -0.15) is 0 Å². The Hall–Kier alpha value is -6.26. The van der Waals surface area contributed by atoms with Gasteiger partial charge in [0, 0.05) is 46.2 Å². The Bertz CT molecular complexity index is 2560. The molecule has 52 heavy (non-hydrogen) atoms. The molecule has 0 amide bonds. The van der Waals surface area contributed by atoms with Crippen molar-refractivity contribution in [3.8, 4) is 45.3 Å². The molecule has 2 aliphatic heterocycles. The molecule has 2 atom stereocenters. The fourth-order valence-electron chi connectivity index (χ4n) is 9.09. The highest BCUT2D eigenvalue weighted by atomic mass is 16.5. The van der Waals surface area contributed by atoms with Crippen LogP contribution in [-0.2, 0) is 10.2 Å². The lowest BCUT2D eigenvalue weighted by Gasteiger charge is -2.39. The average Bonchev–Trinajstić information content (AvgIpc) is 3.71. The van der Waals surface area contributed by atoms with Gasteiger partial charge < -0.3 is 9.47 Å². The smallest absolute Gasteiger partial charge is 0.160 e. The first-order chi connectivity index (χ1) is 25.6. The van der Waals surface area contributed by atoms with E-state index in [9.17, 15) is 0 Å². The number of ether oxygens (including phenoxy) is 2. The quantitative estimate of drug-likeness (QED) is 0.188. The van der Waals surface area contributed by atoms with Crippen molar-refractivity contribution >= 4 is 5.57 Å². The minimum atomic E-state index is -0.557. The van der Waals surface area contributed by atoms with Crippen molar-refractivity contribution in [3.05, 3.63) is 197 Å². The molecule has 1 spiro atoms. The van der Waals surface area contributed by atoms with Crippen LogP contribution in [0.4, 0.5) is 0 Å². The third-order valence-electron chi connectivity index (χ3n) is 11.4. The molecule has 1 aromatic heterocycles. The van der Waals surface area contributed by atoms with E-state index in [0.717, 1.165) is 69.3 Å². The second kappa shape index (κ2) is 11.1. The minimum Gasteiger partial charge on any atom is -0.489 e. The molecule has 0 bridgehead atoms. The summed E-state index contributed by atoms with van der Waals surface area (Å²) in [5.74, 6) is 4.02. The van der Waals surface area contributed by atoms with Crippen molar-refractivity contribution < 1.29 is 9.47 Å². The van der Waals surface area contributed by atoms with E-state index in [0.29, 0.717) is 11.7 Å². The predicted octanol–water partition coefficient (Wildman–Crippen LogP) is 11.2. The first kappa shape index (κ1) is 29.5. The van der Waals surface area contributed by atoms with Crippen molar-refractivity contribution in [2.75, 3.05) is 0 Å². The molecular weight excluding hydrogens is 637 g/mol. The highest BCUT2D eigenvalue weighted by Gasteiger charge is 2.51. The SMILES string of the molecule is CC1C=CC2=C(C1)OC1CC(c3cc(-c4ccccc4)nc(-c4ccc5c(c4)C4(c6ccccc6O5)c5ccccc5-c5ccccc54)n3)=CC=C21. The number of para-hydroxylation sites is 1. The van der Waals surface area contributed by atoms with E-state index >= 15 is 0 Å². The maximum Gasteiger partial charge on any atom is 0.160 e. The summed E-state index contributed by atoms with van der Waals surface area (Å²) in [4.78, 5) is 10.6. The van der Waals surface area contributed by atoms with Crippen molar-refractivity contribution in [3.63, 3.8) is 0 Å². The van der Waals surface area contributed by atoms with Crippen molar-refractivity contribution in [2.24, 2.45) is 5.92 Å². The van der Waals surface area contributed by atoms with Gasteiger partial charge in [0.1, 0.15) is 23.4 Å². The number of allylic oxidation sites excluding steroid dienone is 5. The summed E-state index contributed by atoms with van der Waals surface area (Å²) in [5.41, 5.74) is 14.2. The first-order valence-corrected chi connectivity index (χ1v) is 18.2. The number of hydrogen-bond donors (Lipinski definition) is 0. The summed E-state index contributed by atoms with van der Waals surface area (Å²) >= 11 is 0. The molecule has 248 valence electrons. The van der Waals surface area contributed by atoms with E-state index in [1.165, 1.54) is 33.4 Å². The molecule has 3 heterocycles. The zero-order valence-corrected chi connectivity index (χ0v) is 28.7. The molecule has 6 aromatic rings. The van der Waals surface area contributed by atoms with Crippen LogP contribution >= 0.6 is 0 Å². The molecule has 0 saturated heterocycles. The van der Waals surface area contributed by atoms with E-state index in [4.69, 9.17) is 19.4 Å². The van der Waals surface area contributed by atoms with Crippen molar-refractivity contribution in [2.45, 2.75) is 31.3 Å². The topological polar surface area (TPSA) is 44.2 Å². The van der Waals surface area contributed by atoms with Crippen molar-refractivity contribution in [1.82, 2.24) is 9.97 Å². The van der Waals surface area contributed by atoms with Crippen LogP contribution < -0.4 is 4.74 Å². The second-order valence-electron chi connectivity index (χ2n) is 14.5. The Morgan fingerprint density at radius 3 is 2.12 bits per heavy atom. The lowest BCUT2D eigenvalue weighted by atomic mass is 9.66. The zero-order valence-electron chi connectivity index (χ0n) is 28.7. The Kier molecular flexibility index (Phi) is 6.30. The van der Waals surface area contributed by atoms with E-state index < -0.39 is 5.41 Å². The Morgan fingerprint density at radius 2 is 1.31 bits per heavy atom. The van der Waals surface area contributed by atoms with E-state index in [1.54, 1.807) is 0 Å². The van der Waals surface area contributed by atoms with Gasteiger partial charge in [-0.25, -0.2) is 9.97 Å². The zero-order chi connectivity index (χ0) is 34.4. The summed E-state index contributed by atoms with van der Waals surface area (Å²) in [6.45, 7) is 2.24. The summed E-state index contributed by atoms with van der Waals surface area (Å²) in [7, 11) is 0. The molecular formula is C48H34N2O2. The maximum absolute atomic E-state index is 6.70. The summed E-state index contributed by atoms with van der Waals surface area (Å²) in [5, 5.41) is 0. The van der Waals surface area contributed by atoms with Crippen LogP contribution in [0.1, 0.15) is 47.7 Å². The lowest BCUT2D eigenvalue weighted by Crippen LogP contribution is -2.32. The average molecular weight is 671 g/mol. The molecule has 0 radical (unpaired) electrons. The van der Waals surface area contributed by atoms with Crippen LogP contribution in [0.5, 0.6) is 11.5 Å². The largest absolute Gasteiger partial charge is 0.489 e. The third kappa shape index (κ3) is 4.21. The number of fused-ring (bicyclic) bond motifs is 11. The van der Waals surface area contributed by atoms with Crippen LogP contribution in [-0.4, -0.2) is 16.1 Å². The Morgan fingerprint density at radius 1 is 0.615 bits per heavy atom. The van der Waals surface area contributed by atoms with Gasteiger partial charge in [-0.15, -0.1) is 0 Å². The van der Waals surface area contributed by atoms with E-state index in [2.05, 4.69) is 153 Å². The molecule has 4 heteroatoms. The molecule has 3 aliphatic carbocycles. The molecule has 11 rings (SSSR count). The molecule has 4 nitrogen and oxygen atoms in total. The number of aromatic nitrogens is 2. The van der Waals surface area contributed by atoms with Gasteiger partial charge in [0.05, 0.1) is 16.8 Å². The number of rotatable bonds is 3. The highest BCUT2D eigenvalue weighted by Crippen LogP contribution is 2.62. The van der Waals surface area contributed by atoms with Crippen LogP contribution in [0.2, 0.25) is 0 Å². The second-order valence-corrected chi connectivity index (χ2v) is 14.5. The number of nitrogens with zero attached hydrogens (tertiary/aromatic N) is 2. The van der Waals surface area contributed by atoms with Gasteiger partial charge in [-0.05, 0) is 64.1 Å². The van der Waals surface area contributed by atoms with Gasteiger partial charge in [0.15, 0.2) is 5.82 Å². The van der Waals surface area contributed by atoms with E-state index in [1.807, 2.05) is 6.07 Å². The highest BCUT2D eigenvalue weighted by molar-refractivity contribution is 5.89. The van der Waals surface area contributed by atoms with Gasteiger partial charge in [-0.3, -0.25) is 0 Å². The minimum absolute atomic E-state index is 0.00173. The van der Waals surface area contributed by atoms with Gasteiger partial charge >= 0.3 is 0 Å². The van der Waals surface area contributed by atoms with Gasteiger partial charge in [0.2, 0.25) is 0 Å². The normalized spacial score (nSPS) is 19.6. The van der Waals surface area contributed by atoms with Crippen LogP contribution in [0, 0.1) is 5.92 Å². The maximum atomic E-state index is 6.70. The van der Waals surface area contributed by atoms with Crippen LogP contribution in [0.3, 0.4) is 0 Å². The van der Waals surface area contributed by atoms with Crippen molar-refractivity contribution in [1.29, 1.82) is 0 Å². The molecule has 0 N–H and O–H groups in total. The van der Waals surface area contributed by atoms with Crippen LogP contribution in [0.25, 0.3) is 39.3 Å². The Balaban J connectivity index is 1.10. The summed E-state index contributed by atoms with van der Waals surface area (Å²) in [6.07, 6.45) is 10.7. The van der Waals surface area contributed by atoms with Gasteiger partial charge in [-0.1, -0.05) is 128 Å². The first-order valence-electron chi connectivity index (χ1n) is 18.2. The summed E-state index contributed by atoms with van der Waals surface area (Å²) < 4.78 is 13.3. The van der Waals surface area contributed by atoms with Crippen LogP contribution in [0.15, 0.2) is 169 Å². The molecule has 0 fully saturated rings. The monoisotopic (exact) mass is 670 g/mol.